The second-order valence-corrected chi connectivity index (χ2v) is 4.53. The van der Waals surface area contributed by atoms with E-state index >= 15 is 0 Å². The molecule has 0 aromatic carbocycles. The van der Waals surface area contributed by atoms with Gasteiger partial charge < -0.3 is 4.90 Å². The van der Waals surface area contributed by atoms with Crippen LogP contribution in [-0.2, 0) is 4.79 Å². The summed E-state index contributed by atoms with van der Waals surface area (Å²) in [6, 6.07) is 0. The summed E-state index contributed by atoms with van der Waals surface area (Å²) in [6.07, 6.45) is 3.97. The van der Waals surface area contributed by atoms with Crippen LogP contribution in [0.2, 0.25) is 0 Å². The molecule has 0 bridgehead atoms. The topological polar surface area (TPSA) is 20.3 Å². The predicted octanol–water partition coefficient (Wildman–Crippen LogP) is 2.02. The van der Waals surface area contributed by atoms with E-state index in [2.05, 4.69) is 13.0 Å². The summed E-state index contributed by atoms with van der Waals surface area (Å²) < 4.78 is 0. The van der Waals surface area contributed by atoms with E-state index in [1.807, 2.05) is 31.9 Å². The summed E-state index contributed by atoms with van der Waals surface area (Å²) in [7, 11) is 0. The second-order valence-electron chi connectivity index (χ2n) is 4.53. The number of nitrogens with zero attached hydrogens (tertiary/aromatic N) is 1. The Balaban J connectivity index is 2.62. The van der Waals surface area contributed by atoms with Crippen molar-refractivity contribution in [3.63, 3.8) is 0 Å². The van der Waals surface area contributed by atoms with Gasteiger partial charge in [0.1, 0.15) is 0 Å². The molecule has 1 atom stereocenters. The van der Waals surface area contributed by atoms with Gasteiger partial charge in [-0.1, -0.05) is 33.8 Å². The van der Waals surface area contributed by atoms with E-state index in [0.717, 1.165) is 6.54 Å². The van der Waals surface area contributed by atoms with Crippen molar-refractivity contribution in [1.82, 2.24) is 4.90 Å². The van der Waals surface area contributed by atoms with Crippen molar-refractivity contribution in [3.05, 3.63) is 12.3 Å². The fourth-order valence-electron chi connectivity index (χ4n) is 1.26. The zero-order chi connectivity index (χ0) is 9.35. The Morgan fingerprint density at radius 3 is 2.42 bits per heavy atom. The van der Waals surface area contributed by atoms with Gasteiger partial charge in [0.05, 0.1) is 0 Å². The van der Waals surface area contributed by atoms with Gasteiger partial charge in [0, 0.05) is 18.2 Å². The van der Waals surface area contributed by atoms with Gasteiger partial charge in [-0.3, -0.25) is 4.79 Å². The molecule has 1 aliphatic heterocycles. The molecule has 1 rings (SSSR count). The van der Waals surface area contributed by atoms with Crippen LogP contribution in [0.15, 0.2) is 12.3 Å². The first-order valence-electron chi connectivity index (χ1n) is 4.40. The number of rotatable bonds is 0. The molecule has 2 nitrogen and oxygen atoms in total. The average Bonchev–Trinajstić information content (AvgIpc) is 2.32. The van der Waals surface area contributed by atoms with E-state index in [9.17, 15) is 4.79 Å². The van der Waals surface area contributed by atoms with Gasteiger partial charge in [0.15, 0.2) is 0 Å². The maximum atomic E-state index is 11.7. The lowest BCUT2D eigenvalue weighted by Gasteiger charge is -2.24. The first-order valence-corrected chi connectivity index (χ1v) is 4.40. The molecule has 0 saturated heterocycles. The van der Waals surface area contributed by atoms with Crippen molar-refractivity contribution in [1.29, 1.82) is 0 Å². The minimum absolute atomic E-state index is 0.211. The highest BCUT2D eigenvalue weighted by Crippen LogP contribution is 2.21. The maximum absolute atomic E-state index is 11.7. The molecule has 0 spiro atoms. The Morgan fingerprint density at radius 2 is 2.08 bits per heavy atom. The highest BCUT2D eigenvalue weighted by Gasteiger charge is 2.28. The minimum Gasteiger partial charge on any atom is -0.318 e. The zero-order valence-corrected chi connectivity index (χ0v) is 8.29. The third-order valence-corrected chi connectivity index (χ3v) is 1.98. The normalized spacial score (nSPS) is 23.3. The standard InChI is InChI=1S/C10H17NO/c1-8-5-6-11(7-8)9(12)10(2,3)4/h5-6,8H,7H2,1-4H3. The summed E-state index contributed by atoms with van der Waals surface area (Å²) in [4.78, 5) is 13.5. The van der Waals surface area contributed by atoms with E-state index in [-0.39, 0.29) is 11.3 Å². The molecule has 0 radical (unpaired) electrons. The summed E-state index contributed by atoms with van der Waals surface area (Å²) in [6.45, 7) is 8.81. The quantitative estimate of drug-likeness (QED) is 0.540. The van der Waals surface area contributed by atoms with Crippen LogP contribution < -0.4 is 0 Å². The van der Waals surface area contributed by atoms with Crippen molar-refractivity contribution in [2.75, 3.05) is 6.54 Å². The van der Waals surface area contributed by atoms with Crippen molar-refractivity contribution in [2.45, 2.75) is 27.7 Å². The average molecular weight is 167 g/mol. The highest BCUT2D eigenvalue weighted by molar-refractivity contribution is 5.82. The van der Waals surface area contributed by atoms with Crippen LogP contribution in [-0.4, -0.2) is 17.4 Å². The van der Waals surface area contributed by atoms with Crippen LogP contribution in [0.4, 0.5) is 0 Å². The van der Waals surface area contributed by atoms with Crippen LogP contribution in [0, 0.1) is 11.3 Å². The zero-order valence-electron chi connectivity index (χ0n) is 8.29. The first kappa shape index (κ1) is 9.30. The molecule has 0 N–H and O–H groups in total. The molecule has 68 valence electrons. The third-order valence-electron chi connectivity index (χ3n) is 1.98. The molecular weight excluding hydrogens is 150 g/mol. The largest absolute Gasteiger partial charge is 0.318 e. The summed E-state index contributed by atoms with van der Waals surface area (Å²) >= 11 is 0. The lowest BCUT2D eigenvalue weighted by Crippen LogP contribution is -2.35. The number of hydrogen-bond donors (Lipinski definition) is 0. The Labute approximate surface area is 74.2 Å². The predicted molar refractivity (Wildman–Crippen MR) is 49.5 cm³/mol. The van der Waals surface area contributed by atoms with Gasteiger partial charge in [-0.15, -0.1) is 0 Å². The van der Waals surface area contributed by atoms with Crippen molar-refractivity contribution < 1.29 is 4.79 Å². The Hall–Kier alpha value is -0.790. The van der Waals surface area contributed by atoms with Crippen molar-refractivity contribution >= 4 is 5.91 Å². The molecular formula is C10H17NO. The molecule has 0 aromatic heterocycles. The highest BCUT2D eigenvalue weighted by atomic mass is 16.2. The fraction of sp³-hybridized carbons (Fsp3) is 0.700. The molecule has 12 heavy (non-hydrogen) atoms. The number of carbonyl (C=O) groups excluding carboxylic acids is 1. The van der Waals surface area contributed by atoms with Gasteiger partial charge in [-0.25, -0.2) is 0 Å². The van der Waals surface area contributed by atoms with E-state index in [4.69, 9.17) is 0 Å². The minimum atomic E-state index is -0.256. The van der Waals surface area contributed by atoms with E-state index < -0.39 is 0 Å². The molecule has 0 aromatic rings. The van der Waals surface area contributed by atoms with Crippen molar-refractivity contribution in [2.24, 2.45) is 11.3 Å². The van der Waals surface area contributed by atoms with Crippen LogP contribution in [0.5, 0.6) is 0 Å². The lowest BCUT2D eigenvalue weighted by molar-refractivity contribution is -0.136. The molecule has 1 unspecified atom stereocenters. The molecule has 0 aliphatic carbocycles. The summed E-state index contributed by atoms with van der Waals surface area (Å²) in [5, 5.41) is 0. The molecule has 0 fully saturated rings. The van der Waals surface area contributed by atoms with Crippen LogP contribution in [0.1, 0.15) is 27.7 Å². The number of amides is 1. The van der Waals surface area contributed by atoms with E-state index in [0.29, 0.717) is 5.92 Å². The molecule has 1 heterocycles. The van der Waals surface area contributed by atoms with Crippen LogP contribution >= 0.6 is 0 Å². The Kier molecular flexibility index (Phi) is 2.27. The number of hydrogen-bond acceptors (Lipinski definition) is 1. The second kappa shape index (κ2) is 2.92. The third kappa shape index (κ3) is 1.87. The first-order chi connectivity index (χ1) is 5.41. The molecule has 2 heteroatoms. The van der Waals surface area contributed by atoms with Gasteiger partial charge in [-0.05, 0) is 5.92 Å². The fourth-order valence-corrected chi connectivity index (χ4v) is 1.26. The maximum Gasteiger partial charge on any atom is 0.231 e. The summed E-state index contributed by atoms with van der Waals surface area (Å²) in [5.41, 5.74) is -0.256. The van der Waals surface area contributed by atoms with Gasteiger partial charge in [0.25, 0.3) is 0 Å². The molecule has 1 aliphatic rings. The van der Waals surface area contributed by atoms with E-state index in [1.54, 1.807) is 0 Å². The van der Waals surface area contributed by atoms with Crippen LogP contribution in [0.3, 0.4) is 0 Å². The smallest absolute Gasteiger partial charge is 0.231 e. The Bertz CT molecular complexity index is 212. The summed E-state index contributed by atoms with van der Waals surface area (Å²) in [5.74, 6) is 0.722. The van der Waals surface area contributed by atoms with Crippen molar-refractivity contribution in [3.8, 4) is 0 Å². The molecule has 0 saturated carbocycles. The monoisotopic (exact) mass is 167 g/mol. The number of carbonyl (C=O) groups is 1. The van der Waals surface area contributed by atoms with Gasteiger partial charge in [0.2, 0.25) is 5.91 Å². The van der Waals surface area contributed by atoms with Crippen LogP contribution in [0.25, 0.3) is 0 Å². The SMILES string of the molecule is CC1C=CN(C(=O)C(C)(C)C)C1. The Morgan fingerprint density at radius 1 is 1.50 bits per heavy atom. The molecule has 1 amide bonds. The lowest BCUT2D eigenvalue weighted by atomic mass is 9.95. The van der Waals surface area contributed by atoms with E-state index in [1.165, 1.54) is 0 Å². The van der Waals surface area contributed by atoms with Gasteiger partial charge in [-0.2, -0.15) is 0 Å². The van der Waals surface area contributed by atoms with Gasteiger partial charge >= 0.3 is 0 Å².